The number of halogens is 5. The van der Waals surface area contributed by atoms with Gasteiger partial charge in [-0.3, -0.25) is 15.0 Å². The first-order valence-corrected chi connectivity index (χ1v) is 8.61. The van der Waals surface area contributed by atoms with Crippen LogP contribution in [0.25, 0.3) is 0 Å². The topological polar surface area (TPSA) is 89.8 Å². The van der Waals surface area contributed by atoms with Crippen LogP contribution in [-0.4, -0.2) is 20.5 Å². The van der Waals surface area contributed by atoms with Gasteiger partial charge in [0.05, 0.1) is 33.6 Å². The summed E-state index contributed by atoms with van der Waals surface area (Å²) in [6.45, 7) is 0. The molecule has 0 atom stereocenters. The molecule has 0 radical (unpaired) electrons. The van der Waals surface area contributed by atoms with Crippen LogP contribution in [0.3, 0.4) is 0 Å². The van der Waals surface area contributed by atoms with Crippen molar-refractivity contribution in [2.24, 2.45) is 0 Å². The van der Waals surface area contributed by atoms with Crippen molar-refractivity contribution < 1.29 is 35.7 Å². The Hall–Kier alpha value is -2.44. The van der Waals surface area contributed by atoms with Crippen molar-refractivity contribution >= 4 is 33.0 Å². The van der Waals surface area contributed by atoms with Gasteiger partial charge in [0.15, 0.2) is 5.82 Å². The fourth-order valence-electron chi connectivity index (χ4n) is 2.06. The number of alkyl halides is 3. The molecule has 0 amide bonds. The van der Waals surface area contributed by atoms with Crippen LogP contribution < -0.4 is 4.47 Å². The molecular weight excluding hydrogens is 420 g/mol. The van der Waals surface area contributed by atoms with Gasteiger partial charge in [0.25, 0.3) is 15.7 Å². The smallest absolute Gasteiger partial charge is 0.262 e. The Morgan fingerprint density at radius 1 is 1.19 bits per heavy atom. The van der Waals surface area contributed by atoms with Crippen LogP contribution in [0.15, 0.2) is 41.3 Å². The predicted molar refractivity (Wildman–Crippen MR) is 86.2 cm³/mol. The lowest BCUT2D eigenvalue weighted by molar-refractivity contribution is -0.385. The summed E-state index contributed by atoms with van der Waals surface area (Å²) >= 11 is 5.45. The molecule has 27 heavy (non-hydrogen) atoms. The minimum absolute atomic E-state index is 0.00938. The standard InChI is InChI=1S/C14H9ClF4N2O5S/c1-26-21(13-5-2-8(20(22)23)6-12(13)16)27(24,25)9-3-4-11(15)10(7-9)14(17,18)19/h2-7H,1H3. The van der Waals surface area contributed by atoms with Crippen LogP contribution in [0.2, 0.25) is 5.02 Å². The second kappa shape index (κ2) is 7.29. The minimum Gasteiger partial charge on any atom is -0.262 e. The van der Waals surface area contributed by atoms with Gasteiger partial charge in [0.1, 0.15) is 5.69 Å². The number of nitrogens with zero attached hydrogens (tertiary/aromatic N) is 2. The molecule has 2 aromatic rings. The first kappa shape index (κ1) is 20.9. The Bertz CT molecular complexity index is 997. The van der Waals surface area contributed by atoms with Crippen LogP contribution in [0.5, 0.6) is 0 Å². The van der Waals surface area contributed by atoms with Crippen molar-refractivity contribution in [3.05, 3.63) is 62.9 Å². The number of hydrogen-bond donors (Lipinski definition) is 0. The quantitative estimate of drug-likeness (QED) is 0.405. The summed E-state index contributed by atoms with van der Waals surface area (Å²) in [4.78, 5) is 13.5. The summed E-state index contributed by atoms with van der Waals surface area (Å²) in [5, 5.41) is 9.91. The Morgan fingerprint density at radius 2 is 1.81 bits per heavy atom. The number of sulfonamides is 1. The van der Waals surface area contributed by atoms with Crippen LogP contribution in [0.4, 0.5) is 28.9 Å². The maximum Gasteiger partial charge on any atom is 0.417 e. The second-order valence-electron chi connectivity index (χ2n) is 4.95. The average molecular weight is 429 g/mol. The highest BCUT2D eigenvalue weighted by atomic mass is 35.5. The molecule has 0 bridgehead atoms. The zero-order valence-corrected chi connectivity index (χ0v) is 14.8. The Balaban J connectivity index is 2.59. The van der Waals surface area contributed by atoms with Crippen molar-refractivity contribution in [2.45, 2.75) is 11.1 Å². The summed E-state index contributed by atoms with van der Waals surface area (Å²) in [6, 6.07) is 3.77. The minimum atomic E-state index is -4.93. The molecule has 0 fully saturated rings. The molecule has 0 N–H and O–H groups in total. The maximum absolute atomic E-state index is 14.1. The largest absolute Gasteiger partial charge is 0.417 e. The number of nitro groups is 1. The highest BCUT2D eigenvalue weighted by molar-refractivity contribution is 7.92. The van der Waals surface area contributed by atoms with E-state index in [1.807, 2.05) is 0 Å². The Labute approximate surface area is 154 Å². The van der Waals surface area contributed by atoms with Crippen molar-refractivity contribution in [1.82, 2.24) is 0 Å². The fourth-order valence-corrected chi connectivity index (χ4v) is 3.59. The van der Waals surface area contributed by atoms with Crippen LogP contribution in [-0.2, 0) is 21.0 Å². The van der Waals surface area contributed by atoms with Gasteiger partial charge >= 0.3 is 6.18 Å². The molecule has 0 aliphatic heterocycles. The zero-order valence-electron chi connectivity index (χ0n) is 13.2. The highest BCUT2D eigenvalue weighted by Crippen LogP contribution is 2.37. The fraction of sp³-hybridized carbons (Fsp3) is 0.143. The monoisotopic (exact) mass is 428 g/mol. The van der Waals surface area contributed by atoms with Gasteiger partial charge in [0.2, 0.25) is 0 Å². The van der Waals surface area contributed by atoms with Gasteiger partial charge in [-0.25, -0.2) is 4.39 Å². The van der Waals surface area contributed by atoms with E-state index in [2.05, 4.69) is 4.84 Å². The molecule has 0 aliphatic rings. The molecule has 0 spiro atoms. The summed E-state index contributed by atoms with van der Waals surface area (Å²) in [5.74, 6) is -1.33. The van der Waals surface area contributed by atoms with Gasteiger partial charge in [-0.05, 0) is 24.3 Å². The molecular formula is C14H9ClF4N2O5S. The summed E-state index contributed by atoms with van der Waals surface area (Å²) in [5.41, 5.74) is -2.83. The molecule has 0 aliphatic carbocycles. The van der Waals surface area contributed by atoms with E-state index in [1.165, 1.54) is 0 Å². The van der Waals surface area contributed by atoms with Gasteiger partial charge in [-0.1, -0.05) is 11.6 Å². The van der Waals surface area contributed by atoms with Crippen molar-refractivity contribution in [3.63, 3.8) is 0 Å². The van der Waals surface area contributed by atoms with Crippen molar-refractivity contribution in [3.8, 4) is 0 Å². The second-order valence-corrected chi connectivity index (χ2v) is 7.11. The molecule has 7 nitrogen and oxygen atoms in total. The molecule has 0 unspecified atom stereocenters. The first-order valence-electron chi connectivity index (χ1n) is 6.79. The molecule has 146 valence electrons. The van der Waals surface area contributed by atoms with E-state index >= 15 is 0 Å². The van der Waals surface area contributed by atoms with E-state index in [9.17, 15) is 36.1 Å². The molecule has 2 aromatic carbocycles. The van der Waals surface area contributed by atoms with E-state index in [-0.39, 0.29) is 10.5 Å². The first-order chi connectivity index (χ1) is 12.4. The third kappa shape index (κ3) is 4.12. The predicted octanol–water partition coefficient (Wildman–Crippen LogP) is 4.16. The zero-order chi connectivity index (χ0) is 20.6. The highest BCUT2D eigenvalue weighted by Gasteiger charge is 2.36. The lowest BCUT2D eigenvalue weighted by Crippen LogP contribution is -2.31. The van der Waals surface area contributed by atoms with Gasteiger partial charge < -0.3 is 0 Å². The maximum atomic E-state index is 14.1. The van der Waals surface area contributed by atoms with E-state index in [0.717, 1.165) is 31.4 Å². The molecule has 13 heteroatoms. The van der Waals surface area contributed by atoms with Crippen LogP contribution >= 0.6 is 11.6 Å². The number of rotatable bonds is 5. The number of anilines is 1. The summed E-state index contributed by atoms with van der Waals surface area (Å²) in [7, 11) is -3.98. The van der Waals surface area contributed by atoms with Crippen molar-refractivity contribution in [2.75, 3.05) is 11.6 Å². The van der Waals surface area contributed by atoms with E-state index in [1.54, 1.807) is 0 Å². The van der Waals surface area contributed by atoms with Gasteiger partial charge in [0, 0.05) is 6.07 Å². The van der Waals surface area contributed by atoms with E-state index in [0.29, 0.717) is 6.07 Å². The normalized spacial score (nSPS) is 12.1. The van der Waals surface area contributed by atoms with Crippen LogP contribution in [0.1, 0.15) is 5.56 Å². The average Bonchev–Trinajstić information content (AvgIpc) is 2.55. The molecule has 0 heterocycles. The number of hydrogen-bond acceptors (Lipinski definition) is 5. The third-order valence-electron chi connectivity index (χ3n) is 3.26. The number of benzene rings is 2. The lowest BCUT2D eigenvalue weighted by atomic mass is 10.2. The lowest BCUT2D eigenvalue weighted by Gasteiger charge is -2.22. The number of non-ortho nitro benzene ring substituents is 1. The summed E-state index contributed by atoms with van der Waals surface area (Å²) in [6.07, 6.45) is -4.93. The van der Waals surface area contributed by atoms with Gasteiger partial charge in [-0.15, -0.1) is 4.47 Å². The third-order valence-corrected chi connectivity index (χ3v) is 5.23. The Kier molecular flexibility index (Phi) is 5.63. The summed E-state index contributed by atoms with van der Waals surface area (Å²) < 4.78 is 78.3. The Morgan fingerprint density at radius 3 is 2.30 bits per heavy atom. The molecule has 0 saturated carbocycles. The van der Waals surface area contributed by atoms with Gasteiger partial charge in [-0.2, -0.15) is 21.6 Å². The van der Waals surface area contributed by atoms with Crippen molar-refractivity contribution in [1.29, 1.82) is 0 Å². The van der Waals surface area contributed by atoms with E-state index in [4.69, 9.17) is 11.6 Å². The molecule has 0 saturated heterocycles. The SMILES string of the molecule is CON(c1ccc([N+](=O)[O-])cc1F)S(=O)(=O)c1ccc(Cl)c(C(F)(F)F)c1. The van der Waals surface area contributed by atoms with E-state index < -0.39 is 53.8 Å². The number of nitro benzene ring substituents is 1. The molecule has 2 rings (SSSR count). The van der Waals surface area contributed by atoms with Crippen LogP contribution in [0, 0.1) is 15.9 Å². The molecule has 0 aromatic heterocycles.